The molecule has 1 aliphatic rings. The molecular formula is C26H34O. The van der Waals surface area contributed by atoms with Crippen molar-refractivity contribution in [3.05, 3.63) is 58.7 Å². The average molecular weight is 363 g/mol. The van der Waals surface area contributed by atoms with Crippen LogP contribution >= 0.6 is 0 Å². The molecule has 0 N–H and O–H groups in total. The summed E-state index contributed by atoms with van der Waals surface area (Å²) in [6.07, 6.45) is 2.32. The van der Waals surface area contributed by atoms with Gasteiger partial charge in [0.2, 0.25) is 0 Å². The molecule has 3 rings (SSSR count). The first kappa shape index (κ1) is 19.9. The van der Waals surface area contributed by atoms with Gasteiger partial charge in [0.15, 0.2) is 5.78 Å². The third kappa shape index (κ3) is 3.61. The summed E-state index contributed by atoms with van der Waals surface area (Å²) in [4.78, 5) is 12.3. The first-order chi connectivity index (χ1) is 12.3. The zero-order valence-corrected chi connectivity index (χ0v) is 18.3. The third-order valence-corrected chi connectivity index (χ3v) is 6.39. The van der Waals surface area contributed by atoms with Gasteiger partial charge in [-0.3, -0.25) is 4.79 Å². The predicted octanol–water partition coefficient (Wildman–Crippen LogP) is 7.20. The summed E-state index contributed by atoms with van der Waals surface area (Å²) >= 11 is 0. The number of carbonyl (C=O) groups excluding carboxylic acids is 1. The average Bonchev–Trinajstić information content (AvgIpc) is 2.57. The number of ketones is 1. The van der Waals surface area contributed by atoms with Gasteiger partial charge in [-0.2, -0.15) is 0 Å². The van der Waals surface area contributed by atoms with Crippen LogP contribution in [0, 0.1) is 0 Å². The highest BCUT2D eigenvalue weighted by molar-refractivity contribution is 5.96. The van der Waals surface area contributed by atoms with Gasteiger partial charge >= 0.3 is 0 Å². The molecular weight excluding hydrogens is 328 g/mol. The molecule has 2 aromatic carbocycles. The van der Waals surface area contributed by atoms with Crippen LogP contribution in [0.5, 0.6) is 0 Å². The smallest absolute Gasteiger partial charge is 0.159 e. The summed E-state index contributed by atoms with van der Waals surface area (Å²) in [5, 5.41) is 0. The van der Waals surface area contributed by atoms with Crippen molar-refractivity contribution in [2.24, 2.45) is 0 Å². The molecule has 0 bridgehead atoms. The molecule has 0 saturated carbocycles. The van der Waals surface area contributed by atoms with Gasteiger partial charge in [-0.25, -0.2) is 0 Å². The van der Waals surface area contributed by atoms with Crippen LogP contribution in [0.4, 0.5) is 0 Å². The molecule has 0 radical (unpaired) electrons. The quantitative estimate of drug-likeness (QED) is 0.516. The molecule has 0 atom stereocenters. The molecule has 1 nitrogen and oxygen atoms in total. The lowest BCUT2D eigenvalue weighted by Crippen LogP contribution is -2.34. The van der Waals surface area contributed by atoms with E-state index in [1.807, 2.05) is 0 Å². The fraction of sp³-hybridized carbons (Fsp3) is 0.500. The van der Waals surface area contributed by atoms with Crippen LogP contribution < -0.4 is 0 Å². The van der Waals surface area contributed by atoms with E-state index in [0.29, 0.717) is 0 Å². The molecule has 0 aromatic heterocycles. The first-order valence-electron chi connectivity index (χ1n) is 10.1. The topological polar surface area (TPSA) is 17.1 Å². The molecule has 1 heteroatoms. The number of fused-ring (bicyclic) bond motifs is 1. The number of benzene rings is 2. The number of Topliss-reactive ketones (excluding diaryl/α,β-unsaturated/α-hetero) is 1. The van der Waals surface area contributed by atoms with Gasteiger partial charge in [0.05, 0.1) is 0 Å². The molecule has 0 saturated heterocycles. The maximum atomic E-state index is 12.3. The molecule has 0 heterocycles. The van der Waals surface area contributed by atoms with E-state index < -0.39 is 0 Å². The Morgan fingerprint density at radius 3 is 1.96 bits per heavy atom. The molecule has 27 heavy (non-hydrogen) atoms. The van der Waals surface area contributed by atoms with Gasteiger partial charge in [0, 0.05) is 5.56 Å². The minimum Gasteiger partial charge on any atom is -0.295 e. The van der Waals surface area contributed by atoms with Gasteiger partial charge in [-0.15, -0.1) is 0 Å². The normalized spacial score (nSPS) is 18.1. The van der Waals surface area contributed by atoms with Crippen molar-refractivity contribution in [1.82, 2.24) is 0 Å². The highest BCUT2D eigenvalue weighted by atomic mass is 16.1. The summed E-state index contributed by atoms with van der Waals surface area (Å²) in [6, 6.07) is 13.2. The van der Waals surface area contributed by atoms with E-state index in [1.165, 1.54) is 34.2 Å². The second kappa shape index (κ2) is 6.33. The largest absolute Gasteiger partial charge is 0.295 e. The summed E-state index contributed by atoms with van der Waals surface area (Å²) < 4.78 is 0. The molecule has 0 unspecified atom stereocenters. The fourth-order valence-electron chi connectivity index (χ4n) is 4.37. The fourth-order valence-corrected chi connectivity index (χ4v) is 4.37. The van der Waals surface area contributed by atoms with E-state index >= 15 is 0 Å². The van der Waals surface area contributed by atoms with Crippen molar-refractivity contribution in [2.45, 2.75) is 84.5 Å². The Labute approximate surface area is 165 Å². The lowest BCUT2D eigenvalue weighted by atomic mass is 9.61. The van der Waals surface area contributed by atoms with Crippen molar-refractivity contribution >= 4 is 5.78 Å². The van der Waals surface area contributed by atoms with E-state index in [-0.39, 0.29) is 22.0 Å². The SMILES string of the molecule is CC(=O)c1cc(-c2ccc(C(C)(C)C)cc2)c2c(c1)C(C)(C)CCC2(C)C. The molecule has 144 valence electrons. The van der Waals surface area contributed by atoms with Crippen LogP contribution in [0.3, 0.4) is 0 Å². The van der Waals surface area contributed by atoms with Crippen molar-refractivity contribution in [3.8, 4) is 11.1 Å². The van der Waals surface area contributed by atoms with E-state index in [9.17, 15) is 4.79 Å². The third-order valence-electron chi connectivity index (χ3n) is 6.39. The van der Waals surface area contributed by atoms with E-state index in [1.54, 1.807) is 6.92 Å². The number of carbonyl (C=O) groups is 1. The van der Waals surface area contributed by atoms with Gasteiger partial charge in [0.25, 0.3) is 0 Å². The van der Waals surface area contributed by atoms with Crippen LogP contribution in [0.1, 0.15) is 95.3 Å². The number of rotatable bonds is 2. The maximum absolute atomic E-state index is 12.3. The number of hydrogen-bond donors (Lipinski definition) is 0. The van der Waals surface area contributed by atoms with Crippen LogP contribution in [0.25, 0.3) is 11.1 Å². The molecule has 0 amide bonds. The molecule has 0 spiro atoms. The Balaban J connectivity index is 2.29. The predicted molar refractivity (Wildman–Crippen MR) is 116 cm³/mol. The zero-order chi connectivity index (χ0) is 20.2. The summed E-state index contributed by atoms with van der Waals surface area (Å²) in [5.41, 5.74) is 7.73. The highest BCUT2D eigenvalue weighted by Crippen LogP contribution is 2.50. The Morgan fingerprint density at radius 2 is 1.44 bits per heavy atom. The molecule has 2 aromatic rings. The van der Waals surface area contributed by atoms with E-state index in [4.69, 9.17) is 0 Å². The van der Waals surface area contributed by atoms with Gasteiger partial charge in [0.1, 0.15) is 0 Å². The zero-order valence-electron chi connectivity index (χ0n) is 18.3. The maximum Gasteiger partial charge on any atom is 0.159 e. The monoisotopic (exact) mass is 362 g/mol. The Hall–Kier alpha value is -1.89. The van der Waals surface area contributed by atoms with Crippen LogP contribution in [0.2, 0.25) is 0 Å². The van der Waals surface area contributed by atoms with Crippen LogP contribution in [0.15, 0.2) is 36.4 Å². The minimum absolute atomic E-state index is 0.0937. The highest BCUT2D eigenvalue weighted by Gasteiger charge is 2.39. The van der Waals surface area contributed by atoms with Crippen LogP contribution in [-0.2, 0) is 16.2 Å². The lowest BCUT2D eigenvalue weighted by Gasteiger charge is -2.43. The Morgan fingerprint density at radius 1 is 0.889 bits per heavy atom. The Bertz CT molecular complexity index is 874. The molecule has 0 aliphatic heterocycles. The summed E-state index contributed by atoms with van der Waals surface area (Å²) in [5.74, 6) is 0.143. The van der Waals surface area contributed by atoms with E-state index in [2.05, 4.69) is 84.9 Å². The summed E-state index contributed by atoms with van der Waals surface area (Å²) in [6.45, 7) is 17.7. The Kier molecular flexibility index (Phi) is 4.65. The molecule has 0 fully saturated rings. The van der Waals surface area contributed by atoms with Crippen LogP contribution in [-0.4, -0.2) is 5.78 Å². The second-order valence-electron chi connectivity index (χ2n) is 10.6. The minimum atomic E-state index is 0.0937. The summed E-state index contributed by atoms with van der Waals surface area (Å²) in [7, 11) is 0. The standard InChI is InChI=1S/C26H34O/c1-17(27)19-15-21(18-9-11-20(12-10-18)24(2,3)4)23-22(16-19)25(5,6)13-14-26(23,7)8/h9-12,15-16H,13-14H2,1-8H3. The van der Waals surface area contributed by atoms with Gasteiger partial charge in [-0.05, 0) is 76.0 Å². The molecule has 1 aliphatic carbocycles. The van der Waals surface area contributed by atoms with Gasteiger partial charge < -0.3 is 0 Å². The van der Waals surface area contributed by atoms with Crippen molar-refractivity contribution in [2.75, 3.05) is 0 Å². The number of hydrogen-bond acceptors (Lipinski definition) is 1. The van der Waals surface area contributed by atoms with Gasteiger partial charge in [-0.1, -0.05) is 72.7 Å². The van der Waals surface area contributed by atoms with Crippen molar-refractivity contribution in [1.29, 1.82) is 0 Å². The lowest BCUT2D eigenvalue weighted by molar-refractivity contribution is 0.101. The van der Waals surface area contributed by atoms with E-state index in [0.717, 1.165) is 12.0 Å². The van der Waals surface area contributed by atoms with Crippen molar-refractivity contribution < 1.29 is 4.79 Å². The van der Waals surface area contributed by atoms with Crippen molar-refractivity contribution in [3.63, 3.8) is 0 Å². The first-order valence-corrected chi connectivity index (χ1v) is 10.1. The second-order valence-corrected chi connectivity index (χ2v) is 10.6.